The minimum Gasteiger partial charge on any atom is -0.250 e. The summed E-state index contributed by atoms with van der Waals surface area (Å²) in [5.74, 6) is 2.50. The van der Waals surface area contributed by atoms with E-state index >= 15 is 0 Å². The molecule has 1 aromatic heterocycles. The number of hydrogen-bond donors (Lipinski definition) is 0. The van der Waals surface area contributed by atoms with Gasteiger partial charge in [-0.05, 0) is 36.5 Å². The normalized spacial score (nSPS) is 11.7. The van der Waals surface area contributed by atoms with Gasteiger partial charge in [-0.15, -0.1) is 11.8 Å². The van der Waals surface area contributed by atoms with E-state index in [4.69, 9.17) is 0 Å². The van der Waals surface area contributed by atoms with E-state index < -0.39 is 0 Å². The molecule has 1 nitrogen and oxygen atoms in total. The predicted octanol–water partition coefficient (Wildman–Crippen LogP) is 5.27. The lowest BCUT2D eigenvalue weighted by atomic mass is 10.2. The molecule has 0 aliphatic carbocycles. The highest BCUT2D eigenvalue weighted by Gasteiger charge is 2.08. The molecule has 0 amide bonds. The first-order chi connectivity index (χ1) is 8.58. The van der Waals surface area contributed by atoms with Gasteiger partial charge in [0.15, 0.2) is 0 Å². The molecule has 0 N–H and O–H groups in total. The van der Waals surface area contributed by atoms with Crippen LogP contribution in [0, 0.1) is 0 Å². The topological polar surface area (TPSA) is 12.9 Å². The first kappa shape index (κ1) is 15.9. The van der Waals surface area contributed by atoms with E-state index in [1.54, 1.807) is 0 Å². The van der Waals surface area contributed by atoms with Gasteiger partial charge in [0.05, 0.1) is 5.03 Å². The Labute approximate surface area is 121 Å². The van der Waals surface area contributed by atoms with E-state index in [-0.39, 0.29) is 0 Å². The van der Waals surface area contributed by atoms with Gasteiger partial charge in [0.1, 0.15) is 0 Å². The average molecular weight is 284 g/mol. The highest BCUT2D eigenvalue weighted by molar-refractivity contribution is 8.00. The zero-order chi connectivity index (χ0) is 13.3. The predicted molar refractivity (Wildman–Crippen MR) is 85.6 cm³/mol. The fraction of sp³-hybridized carbons (Fsp3) is 0.667. The maximum atomic E-state index is 4.31. The van der Waals surface area contributed by atoms with Crippen LogP contribution < -0.4 is 0 Å². The van der Waals surface area contributed by atoms with Crippen LogP contribution in [-0.2, 0) is 0 Å². The van der Waals surface area contributed by atoms with Gasteiger partial charge < -0.3 is 0 Å². The van der Waals surface area contributed by atoms with Gasteiger partial charge in [0, 0.05) is 10.9 Å². The van der Waals surface area contributed by atoms with Crippen LogP contribution >= 0.6 is 23.5 Å². The number of rotatable bonds is 8. The van der Waals surface area contributed by atoms with Crippen LogP contribution in [0.4, 0.5) is 0 Å². The van der Waals surface area contributed by atoms with Crippen molar-refractivity contribution in [3.63, 3.8) is 0 Å². The summed E-state index contributed by atoms with van der Waals surface area (Å²) in [6.07, 6.45) is 7.25. The highest BCUT2D eigenvalue weighted by atomic mass is 32.2. The molecule has 0 aliphatic heterocycles. The standard InChI is InChI=1S/C15H25NS2/c1-15(2,3)18-13-9-5-4-8-12-17-14-10-6-7-11-16-14/h6-7,10-11H,4-5,8-9,12-13H2,1-3H3. The third-order valence-corrected chi connectivity index (χ3v) is 4.85. The van der Waals surface area contributed by atoms with E-state index in [2.05, 4.69) is 49.6 Å². The van der Waals surface area contributed by atoms with Crippen molar-refractivity contribution in [3.05, 3.63) is 24.4 Å². The van der Waals surface area contributed by atoms with Gasteiger partial charge in [0.2, 0.25) is 0 Å². The van der Waals surface area contributed by atoms with Crippen molar-refractivity contribution in [2.75, 3.05) is 11.5 Å². The molecule has 0 aromatic carbocycles. The number of thioether (sulfide) groups is 2. The molecule has 3 heteroatoms. The van der Waals surface area contributed by atoms with Crippen molar-refractivity contribution in [1.82, 2.24) is 4.98 Å². The van der Waals surface area contributed by atoms with Gasteiger partial charge >= 0.3 is 0 Å². The molecule has 0 atom stereocenters. The smallest absolute Gasteiger partial charge is 0.0959 e. The summed E-state index contributed by atoms with van der Waals surface area (Å²) in [7, 11) is 0. The number of aromatic nitrogens is 1. The third-order valence-electron chi connectivity index (χ3n) is 2.46. The summed E-state index contributed by atoms with van der Waals surface area (Å²) in [6, 6.07) is 6.11. The first-order valence-corrected chi connectivity index (χ1v) is 8.73. The average Bonchev–Trinajstić information content (AvgIpc) is 2.32. The summed E-state index contributed by atoms with van der Waals surface area (Å²) in [5.41, 5.74) is 0. The van der Waals surface area contributed by atoms with Gasteiger partial charge in [-0.3, -0.25) is 0 Å². The monoisotopic (exact) mass is 283 g/mol. The van der Waals surface area contributed by atoms with Crippen LogP contribution in [0.15, 0.2) is 29.4 Å². The van der Waals surface area contributed by atoms with Crippen molar-refractivity contribution in [2.45, 2.75) is 56.2 Å². The van der Waals surface area contributed by atoms with E-state index in [9.17, 15) is 0 Å². The Morgan fingerprint density at radius 1 is 1.00 bits per heavy atom. The maximum absolute atomic E-state index is 4.31. The van der Waals surface area contributed by atoms with Gasteiger partial charge in [-0.2, -0.15) is 11.8 Å². The molecule has 0 fully saturated rings. The Morgan fingerprint density at radius 2 is 1.72 bits per heavy atom. The summed E-state index contributed by atoms with van der Waals surface area (Å²) in [4.78, 5) is 4.31. The van der Waals surface area contributed by atoms with Crippen LogP contribution in [0.1, 0.15) is 46.5 Å². The molecule has 1 aromatic rings. The number of hydrogen-bond acceptors (Lipinski definition) is 3. The van der Waals surface area contributed by atoms with Crippen molar-refractivity contribution in [2.24, 2.45) is 0 Å². The highest BCUT2D eigenvalue weighted by Crippen LogP contribution is 2.24. The van der Waals surface area contributed by atoms with Crippen molar-refractivity contribution < 1.29 is 0 Å². The SMILES string of the molecule is CC(C)(C)SCCCCCCSc1ccccn1. The van der Waals surface area contributed by atoms with Crippen LogP contribution in [0.25, 0.3) is 0 Å². The Bertz CT molecular complexity index is 306. The second-order valence-electron chi connectivity index (χ2n) is 5.39. The van der Waals surface area contributed by atoms with Gasteiger partial charge in [0.25, 0.3) is 0 Å². The van der Waals surface area contributed by atoms with Crippen molar-refractivity contribution in [3.8, 4) is 0 Å². The summed E-state index contributed by atoms with van der Waals surface area (Å²) in [5, 5.41) is 1.15. The van der Waals surface area contributed by atoms with Crippen LogP contribution in [0.3, 0.4) is 0 Å². The second kappa shape index (κ2) is 8.87. The quantitative estimate of drug-likeness (QED) is 0.477. The molecule has 102 valence electrons. The minimum atomic E-state index is 0.425. The molecule has 0 saturated heterocycles. The molecule has 18 heavy (non-hydrogen) atoms. The third kappa shape index (κ3) is 8.87. The number of unbranched alkanes of at least 4 members (excludes halogenated alkanes) is 3. The lowest BCUT2D eigenvalue weighted by Crippen LogP contribution is -2.08. The fourth-order valence-electron chi connectivity index (χ4n) is 1.55. The molecule has 1 heterocycles. The van der Waals surface area contributed by atoms with Crippen molar-refractivity contribution in [1.29, 1.82) is 0 Å². The van der Waals surface area contributed by atoms with Crippen LogP contribution in [-0.4, -0.2) is 21.2 Å². The minimum absolute atomic E-state index is 0.425. The molecule has 0 unspecified atom stereocenters. The lowest BCUT2D eigenvalue weighted by molar-refractivity contribution is 0.706. The van der Waals surface area contributed by atoms with Crippen LogP contribution in [0.5, 0.6) is 0 Å². The molecule has 0 aliphatic rings. The lowest BCUT2D eigenvalue weighted by Gasteiger charge is -2.17. The molecule has 0 spiro atoms. The molecular formula is C15H25NS2. The van der Waals surface area contributed by atoms with Crippen LogP contribution in [0.2, 0.25) is 0 Å². The first-order valence-electron chi connectivity index (χ1n) is 6.76. The van der Waals surface area contributed by atoms with E-state index in [0.717, 1.165) is 5.03 Å². The van der Waals surface area contributed by atoms with Gasteiger partial charge in [-0.1, -0.05) is 39.7 Å². The van der Waals surface area contributed by atoms with Gasteiger partial charge in [-0.25, -0.2) is 4.98 Å². The molecular weight excluding hydrogens is 258 g/mol. The molecule has 0 saturated carbocycles. The van der Waals surface area contributed by atoms with E-state index in [1.807, 2.05) is 24.0 Å². The van der Waals surface area contributed by atoms with E-state index in [0.29, 0.717) is 4.75 Å². The zero-order valence-electron chi connectivity index (χ0n) is 11.8. The fourth-order valence-corrected chi connectivity index (χ4v) is 3.37. The molecule has 0 bridgehead atoms. The summed E-state index contributed by atoms with van der Waals surface area (Å²) in [6.45, 7) is 6.88. The van der Waals surface area contributed by atoms with E-state index in [1.165, 1.54) is 37.2 Å². The largest absolute Gasteiger partial charge is 0.250 e. The Balaban J connectivity index is 1.90. The zero-order valence-corrected chi connectivity index (χ0v) is 13.4. The number of nitrogens with zero attached hydrogens (tertiary/aromatic N) is 1. The molecule has 1 rings (SSSR count). The Hall–Kier alpha value is -0.150. The second-order valence-corrected chi connectivity index (χ2v) is 8.43. The molecule has 0 radical (unpaired) electrons. The Kier molecular flexibility index (Phi) is 7.84. The van der Waals surface area contributed by atoms with Crippen molar-refractivity contribution >= 4 is 23.5 Å². The maximum Gasteiger partial charge on any atom is 0.0959 e. The summed E-state index contributed by atoms with van der Waals surface area (Å²) < 4.78 is 0.425. The summed E-state index contributed by atoms with van der Waals surface area (Å²) >= 11 is 3.95. The Morgan fingerprint density at radius 3 is 2.33 bits per heavy atom. The number of pyridine rings is 1.